The van der Waals surface area contributed by atoms with Crippen molar-refractivity contribution >= 4 is 116 Å². The van der Waals surface area contributed by atoms with Crippen LogP contribution in [0.25, 0.3) is 5.78 Å². The number of amides is 2. The van der Waals surface area contributed by atoms with E-state index >= 15 is 14.4 Å². The lowest BCUT2D eigenvalue weighted by atomic mass is 9.77. The summed E-state index contributed by atoms with van der Waals surface area (Å²) in [4.78, 5) is 120. The topological polar surface area (TPSA) is 261 Å². The van der Waals surface area contributed by atoms with Crippen LogP contribution in [0.1, 0.15) is 89.1 Å². The second-order valence-corrected chi connectivity index (χ2v) is 26.9. The van der Waals surface area contributed by atoms with Gasteiger partial charge in [-0.15, -0.1) is 63.2 Å². The second-order valence-electron chi connectivity index (χ2n) is 23.4. The molecule has 0 radical (unpaired) electrons. The van der Waals surface area contributed by atoms with Crippen molar-refractivity contribution in [3.8, 4) is 11.5 Å². The van der Waals surface area contributed by atoms with Crippen molar-refractivity contribution in [1.29, 1.82) is 0 Å². The van der Waals surface area contributed by atoms with Gasteiger partial charge in [0.25, 0.3) is 23.4 Å². The zero-order chi connectivity index (χ0) is 71.6. The number of oxime groups is 1. The van der Waals surface area contributed by atoms with Crippen molar-refractivity contribution in [2.45, 2.75) is 48.0 Å². The number of hydrogen-bond acceptors (Lipinski definition) is 21. The summed E-state index contributed by atoms with van der Waals surface area (Å²) in [6.45, 7) is 3.25. The standard InChI is InChI=1S/C77H59Cl2N9O12S3/c1-46-38-58(96-61(89)41-78)59(97-62(90)42-79)40-56(46)72(93)100-86-63(57-45-103-76(81-57)84-77(53-32-18-7-19-33-53,54-34-20-8-21-35-54)55-36-22-9-23-37-55)69(91)82-64-70(92)87-65(73(94)98-66(48-24-10-3-11-25-48)49-26-12-4-13-27-49)52(44-102-71(64)87)43-101-60-39-47(2)80-75-83-68(85-88(60)75)74(95)99-67(50-28-14-5-15-29-50)51-30-16-6-17-31-51/h3-40,45,64,66-67,71H,41-44H2,1-2H3,(H,81,84)(H,82,91)/t64-,71-/m1/s1. The van der Waals surface area contributed by atoms with Crippen LogP contribution in [0.3, 0.4) is 0 Å². The highest BCUT2D eigenvalue weighted by molar-refractivity contribution is 8.01. The number of nitrogens with zero attached hydrogens (tertiary/aromatic N) is 7. The SMILES string of the molecule is Cc1cc(SCC2=C(C(=O)OC(c3ccccc3)c3ccccc3)N3C(=O)[C@@H](NC(=O)C(=NOC(=O)c4cc(OC(=O)CCl)c(OC(=O)CCl)cc4C)c4csc(NC(c5ccccc5)(c5ccccc5)c5ccccc5)n4)[C@H]3SC2)n2nc(C(=O)OC(c3ccccc3)c3ccccc3)nc2n1. The first-order valence-electron chi connectivity index (χ1n) is 32.0. The largest absolute Gasteiger partial charge is 0.448 e. The number of fused-ring (bicyclic) bond motifs is 2. The monoisotopic (exact) mass is 1470 g/mol. The molecule has 516 valence electrons. The highest BCUT2D eigenvalue weighted by atomic mass is 35.5. The number of aryl methyl sites for hydroxylation is 2. The van der Waals surface area contributed by atoms with Crippen LogP contribution in [0.4, 0.5) is 5.13 Å². The first kappa shape index (κ1) is 70.2. The van der Waals surface area contributed by atoms with Gasteiger partial charge in [0, 0.05) is 22.6 Å². The average molecular weight is 1470 g/mol. The summed E-state index contributed by atoms with van der Waals surface area (Å²) >= 11 is 15.2. The molecule has 1 fully saturated rings. The van der Waals surface area contributed by atoms with Gasteiger partial charge in [0.1, 0.15) is 45.1 Å². The van der Waals surface area contributed by atoms with Crippen molar-refractivity contribution in [2.75, 3.05) is 28.6 Å². The summed E-state index contributed by atoms with van der Waals surface area (Å²) in [6, 6.07) is 68.9. The number of carbonyl (C=O) groups is 7. The lowest BCUT2D eigenvalue weighted by Crippen LogP contribution is -2.71. The molecule has 0 spiro atoms. The summed E-state index contributed by atoms with van der Waals surface area (Å²) < 4.78 is 24.7. The molecule has 1 saturated heterocycles. The first-order valence-corrected chi connectivity index (χ1v) is 36.0. The predicted octanol–water partition coefficient (Wildman–Crippen LogP) is 13.2. The van der Waals surface area contributed by atoms with Crippen molar-refractivity contribution in [2.24, 2.45) is 5.16 Å². The van der Waals surface area contributed by atoms with Gasteiger partial charge in [-0.1, -0.05) is 217 Å². The molecule has 3 aromatic heterocycles. The fourth-order valence-corrected chi connectivity index (χ4v) is 15.2. The Morgan fingerprint density at radius 2 is 1.11 bits per heavy atom. The third kappa shape index (κ3) is 15.3. The summed E-state index contributed by atoms with van der Waals surface area (Å²) in [5, 5.41) is 16.7. The maximum atomic E-state index is 15.4. The number of carbonyl (C=O) groups excluding carboxylic acids is 7. The van der Waals surface area contributed by atoms with E-state index in [0.29, 0.717) is 32.6 Å². The fraction of sp³-hybridized carbons (Fsp3) is 0.143. The predicted molar refractivity (Wildman–Crippen MR) is 390 cm³/mol. The molecule has 8 aromatic carbocycles. The van der Waals surface area contributed by atoms with E-state index in [2.05, 4.69) is 30.9 Å². The molecule has 5 heterocycles. The number of halogens is 2. The number of nitrogens with one attached hydrogen (secondary N) is 2. The highest BCUT2D eigenvalue weighted by Gasteiger charge is 2.55. The quantitative estimate of drug-likeness (QED) is 0.00515. The van der Waals surface area contributed by atoms with Crippen LogP contribution in [0.15, 0.2) is 257 Å². The van der Waals surface area contributed by atoms with Gasteiger partial charge < -0.3 is 34.4 Å². The molecule has 21 nitrogen and oxygen atoms in total. The van der Waals surface area contributed by atoms with E-state index < -0.39 is 88.3 Å². The van der Waals surface area contributed by atoms with Gasteiger partial charge in [-0.25, -0.2) is 24.4 Å². The molecular weight excluding hydrogens is 1410 g/mol. The van der Waals surface area contributed by atoms with E-state index in [1.165, 1.54) is 51.3 Å². The zero-order valence-corrected chi connectivity index (χ0v) is 58.6. The van der Waals surface area contributed by atoms with E-state index in [-0.39, 0.29) is 57.1 Å². The van der Waals surface area contributed by atoms with E-state index in [1.807, 2.05) is 212 Å². The Balaban J connectivity index is 0.838. The van der Waals surface area contributed by atoms with Gasteiger partial charge in [-0.3, -0.25) is 24.1 Å². The third-order valence-electron chi connectivity index (χ3n) is 16.6. The molecule has 0 saturated carbocycles. The lowest BCUT2D eigenvalue weighted by molar-refractivity contribution is -0.154. The molecule has 11 aromatic rings. The average Bonchev–Trinajstić information content (AvgIpc) is 0.951. The van der Waals surface area contributed by atoms with Crippen molar-refractivity contribution < 1.29 is 57.3 Å². The number of rotatable bonds is 25. The number of thioether (sulfide) groups is 2. The Morgan fingerprint density at radius 3 is 1.61 bits per heavy atom. The summed E-state index contributed by atoms with van der Waals surface area (Å²) in [5.74, 6) is -8.03. The highest BCUT2D eigenvalue weighted by Crippen LogP contribution is 2.45. The van der Waals surface area contributed by atoms with Crippen LogP contribution in [-0.4, -0.2) is 112 Å². The molecule has 0 unspecified atom stereocenters. The molecule has 0 aliphatic carbocycles. The number of ether oxygens (including phenoxy) is 4. The fourth-order valence-electron chi connectivity index (χ4n) is 11.9. The molecule has 2 aliphatic heterocycles. The molecule has 26 heteroatoms. The minimum atomic E-state index is -1.32. The maximum Gasteiger partial charge on any atom is 0.379 e. The van der Waals surface area contributed by atoms with Crippen LogP contribution in [-0.2, 0) is 43.8 Å². The molecule has 2 N–H and O–H groups in total. The van der Waals surface area contributed by atoms with E-state index in [1.54, 1.807) is 13.0 Å². The third-order valence-corrected chi connectivity index (χ3v) is 20.3. The van der Waals surface area contributed by atoms with Crippen LogP contribution in [0.2, 0.25) is 0 Å². The van der Waals surface area contributed by atoms with Crippen molar-refractivity contribution in [1.82, 2.24) is 34.8 Å². The molecule has 0 bridgehead atoms. The van der Waals surface area contributed by atoms with Gasteiger partial charge in [0.05, 0.1) is 5.56 Å². The number of benzene rings is 8. The second kappa shape index (κ2) is 31.7. The number of β-lactam (4-membered cyclic amide) rings is 1. The Morgan fingerprint density at radius 1 is 0.621 bits per heavy atom. The summed E-state index contributed by atoms with van der Waals surface area (Å²) in [6.07, 6.45) is -1.72. The van der Waals surface area contributed by atoms with Crippen LogP contribution >= 0.6 is 58.1 Å². The summed E-state index contributed by atoms with van der Waals surface area (Å²) in [5.41, 5.74) is 4.49. The minimum Gasteiger partial charge on any atom is -0.448 e. The van der Waals surface area contributed by atoms with Crippen LogP contribution in [0.5, 0.6) is 11.5 Å². The number of alkyl halides is 2. The zero-order valence-electron chi connectivity index (χ0n) is 54.7. The van der Waals surface area contributed by atoms with Gasteiger partial charge in [0.15, 0.2) is 34.6 Å². The van der Waals surface area contributed by atoms with Gasteiger partial charge in [0.2, 0.25) is 0 Å². The Labute approximate surface area is 612 Å². The molecule has 103 heavy (non-hydrogen) atoms. The van der Waals surface area contributed by atoms with Crippen molar-refractivity contribution in [3.05, 3.63) is 314 Å². The number of thiazole rings is 1. The number of anilines is 1. The molecule has 13 rings (SSSR count). The van der Waals surface area contributed by atoms with Gasteiger partial charge >= 0.3 is 29.8 Å². The van der Waals surface area contributed by atoms with Crippen molar-refractivity contribution in [3.63, 3.8) is 0 Å². The van der Waals surface area contributed by atoms with E-state index in [4.69, 9.17) is 52.0 Å². The van der Waals surface area contributed by atoms with Gasteiger partial charge in [-0.2, -0.15) is 9.50 Å². The lowest BCUT2D eigenvalue weighted by Gasteiger charge is -2.49. The normalized spacial score (nSPS) is 14.3. The Bertz CT molecular complexity index is 4870. The smallest absolute Gasteiger partial charge is 0.379 e. The first-order chi connectivity index (χ1) is 50.2. The number of hydrogen-bond donors (Lipinski definition) is 2. The molecule has 2 atom stereocenters. The van der Waals surface area contributed by atoms with E-state index in [0.717, 1.165) is 45.2 Å². The van der Waals surface area contributed by atoms with Crippen LogP contribution < -0.4 is 20.1 Å². The molecule has 2 amide bonds. The molecular formula is C77H59Cl2N9O12S3. The van der Waals surface area contributed by atoms with Crippen LogP contribution in [0, 0.1) is 13.8 Å². The Hall–Kier alpha value is -11.3. The maximum absolute atomic E-state index is 15.4. The molecule has 2 aliphatic rings. The number of aromatic nitrogens is 5. The number of esters is 4. The minimum absolute atomic E-state index is 0.0620. The summed E-state index contributed by atoms with van der Waals surface area (Å²) in [7, 11) is 0. The van der Waals surface area contributed by atoms with E-state index in [9.17, 15) is 19.2 Å². The Kier molecular flexibility index (Phi) is 21.6. The van der Waals surface area contributed by atoms with Gasteiger partial charge in [-0.05, 0) is 82.1 Å².